The quantitative estimate of drug-likeness (QED) is 0.828. The molecule has 1 unspecified atom stereocenters. The van der Waals surface area contributed by atoms with Crippen molar-refractivity contribution in [3.8, 4) is 0 Å². The first kappa shape index (κ1) is 10.9. The highest BCUT2D eigenvalue weighted by Gasteiger charge is 2.27. The summed E-state index contributed by atoms with van der Waals surface area (Å²) < 4.78 is 1.78. The lowest BCUT2D eigenvalue weighted by molar-refractivity contribution is -0.141. The number of carbonyl (C=O) groups is 1. The lowest BCUT2D eigenvalue weighted by Gasteiger charge is -2.31. The summed E-state index contributed by atoms with van der Waals surface area (Å²) in [6.07, 6.45) is 6.64. The summed E-state index contributed by atoms with van der Waals surface area (Å²) in [5.74, 6) is -0.363. The van der Waals surface area contributed by atoms with Gasteiger partial charge in [0.25, 0.3) is 0 Å². The Labute approximate surface area is 103 Å². The highest BCUT2D eigenvalue weighted by atomic mass is 16.4. The molecule has 3 rings (SSSR count). The molecule has 0 aromatic carbocycles. The normalized spacial score (nSPS) is 20.2. The monoisotopic (exact) mass is 247 g/mol. The van der Waals surface area contributed by atoms with Crippen molar-refractivity contribution in [2.24, 2.45) is 5.92 Å². The molecule has 0 aliphatic carbocycles. The predicted molar refractivity (Wildman–Crippen MR) is 63.4 cm³/mol. The van der Waals surface area contributed by atoms with E-state index in [0.717, 1.165) is 19.4 Å². The smallest absolute Gasteiger partial charge is 0.308 e. The van der Waals surface area contributed by atoms with Crippen LogP contribution in [0.5, 0.6) is 0 Å². The summed E-state index contributed by atoms with van der Waals surface area (Å²) in [5, 5.41) is 17.0. The van der Waals surface area contributed by atoms with E-state index in [2.05, 4.69) is 15.2 Å². The van der Waals surface area contributed by atoms with Crippen LogP contribution in [0.4, 0.5) is 5.82 Å². The Bertz CT molecular complexity index is 582. The van der Waals surface area contributed by atoms with Crippen LogP contribution in [0.15, 0.2) is 18.7 Å². The highest BCUT2D eigenvalue weighted by molar-refractivity contribution is 5.72. The van der Waals surface area contributed by atoms with Gasteiger partial charge in [-0.1, -0.05) is 0 Å². The van der Waals surface area contributed by atoms with E-state index in [1.807, 2.05) is 4.90 Å². The third-order valence-corrected chi connectivity index (χ3v) is 3.27. The maximum atomic E-state index is 11.1. The molecule has 1 aliphatic rings. The van der Waals surface area contributed by atoms with Crippen LogP contribution in [-0.4, -0.2) is 43.7 Å². The van der Waals surface area contributed by atoms with Crippen LogP contribution in [0.1, 0.15) is 12.8 Å². The number of anilines is 1. The number of carboxylic acid groups (broad SMARTS) is 1. The molecule has 2 aromatic rings. The van der Waals surface area contributed by atoms with E-state index in [4.69, 9.17) is 5.11 Å². The number of hydrogen-bond donors (Lipinski definition) is 1. The molecule has 1 atom stereocenters. The molecular formula is C11H13N5O2. The maximum absolute atomic E-state index is 11.1. The Kier molecular flexibility index (Phi) is 2.58. The number of hydrogen-bond acceptors (Lipinski definition) is 5. The Morgan fingerprint density at radius 3 is 3.22 bits per heavy atom. The molecule has 1 aliphatic heterocycles. The minimum Gasteiger partial charge on any atom is -0.481 e. The molecule has 2 aromatic heterocycles. The first-order valence-electron chi connectivity index (χ1n) is 5.88. The third kappa shape index (κ3) is 1.77. The third-order valence-electron chi connectivity index (χ3n) is 3.27. The van der Waals surface area contributed by atoms with Gasteiger partial charge in [-0.15, -0.1) is 10.2 Å². The van der Waals surface area contributed by atoms with Gasteiger partial charge in [-0.05, 0) is 12.8 Å². The number of carboxylic acids is 1. The van der Waals surface area contributed by atoms with Crippen molar-refractivity contribution in [3.05, 3.63) is 18.7 Å². The second-order valence-electron chi connectivity index (χ2n) is 4.44. The first-order valence-corrected chi connectivity index (χ1v) is 5.88. The fourth-order valence-corrected chi connectivity index (χ4v) is 2.34. The van der Waals surface area contributed by atoms with Crippen LogP contribution in [0, 0.1) is 5.92 Å². The maximum Gasteiger partial charge on any atom is 0.308 e. The summed E-state index contributed by atoms with van der Waals surface area (Å²) in [4.78, 5) is 17.3. The molecule has 3 heterocycles. The Hall–Kier alpha value is -2.18. The fourth-order valence-electron chi connectivity index (χ4n) is 2.34. The second kappa shape index (κ2) is 4.25. The van der Waals surface area contributed by atoms with Crippen LogP contribution >= 0.6 is 0 Å². The Balaban J connectivity index is 1.94. The predicted octanol–water partition coefficient (Wildman–Crippen LogP) is 0.425. The van der Waals surface area contributed by atoms with Gasteiger partial charge in [-0.3, -0.25) is 9.20 Å². The number of aliphatic carboxylic acids is 1. The largest absolute Gasteiger partial charge is 0.481 e. The number of rotatable bonds is 2. The van der Waals surface area contributed by atoms with Crippen molar-refractivity contribution in [1.29, 1.82) is 0 Å². The average Bonchev–Trinajstić information content (AvgIpc) is 2.87. The number of piperidine rings is 1. The van der Waals surface area contributed by atoms with Gasteiger partial charge >= 0.3 is 5.97 Å². The molecule has 0 radical (unpaired) electrons. The average molecular weight is 247 g/mol. The molecule has 94 valence electrons. The topological polar surface area (TPSA) is 83.6 Å². The zero-order valence-corrected chi connectivity index (χ0v) is 9.73. The van der Waals surface area contributed by atoms with E-state index in [-0.39, 0.29) is 5.92 Å². The Morgan fingerprint density at radius 1 is 1.50 bits per heavy atom. The summed E-state index contributed by atoms with van der Waals surface area (Å²) >= 11 is 0. The van der Waals surface area contributed by atoms with Gasteiger partial charge in [0.1, 0.15) is 6.33 Å². The minimum absolute atomic E-state index is 0.330. The zero-order chi connectivity index (χ0) is 12.5. The number of fused-ring (bicyclic) bond motifs is 1. The van der Waals surface area contributed by atoms with Crippen molar-refractivity contribution >= 4 is 17.4 Å². The fraction of sp³-hybridized carbons (Fsp3) is 0.455. The second-order valence-corrected chi connectivity index (χ2v) is 4.44. The van der Waals surface area contributed by atoms with E-state index in [1.54, 1.807) is 23.1 Å². The van der Waals surface area contributed by atoms with Crippen LogP contribution in [0.3, 0.4) is 0 Å². The molecule has 1 fully saturated rings. The molecule has 7 nitrogen and oxygen atoms in total. The molecule has 1 saturated heterocycles. The number of nitrogens with zero attached hydrogens (tertiary/aromatic N) is 5. The van der Waals surface area contributed by atoms with Crippen molar-refractivity contribution in [2.45, 2.75) is 12.8 Å². The van der Waals surface area contributed by atoms with Gasteiger partial charge in [-0.2, -0.15) is 0 Å². The molecule has 0 amide bonds. The molecule has 0 spiro atoms. The number of aromatic nitrogens is 4. The van der Waals surface area contributed by atoms with E-state index >= 15 is 0 Å². The summed E-state index contributed by atoms with van der Waals surface area (Å²) in [5.41, 5.74) is 0.670. The van der Waals surface area contributed by atoms with Gasteiger partial charge in [0.15, 0.2) is 5.82 Å². The lowest BCUT2D eigenvalue weighted by Crippen LogP contribution is -2.39. The lowest BCUT2D eigenvalue weighted by atomic mass is 9.98. The van der Waals surface area contributed by atoms with Crippen molar-refractivity contribution in [2.75, 3.05) is 18.0 Å². The van der Waals surface area contributed by atoms with Crippen molar-refractivity contribution in [3.63, 3.8) is 0 Å². The minimum atomic E-state index is -0.742. The van der Waals surface area contributed by atoms with E-state index in [0.29, 0.717) is 18.0 Å². The van der Waals surface area contributed by atoms with Crippen molar-refractivity contribution < 1.29 is 9.90 Å². The van der Waals surface area contributed by atoms with Gasteiger partial charge in [0.05, 0.1) is 5.92 Å². The summed E-state index contributed by atoms with van der Waals surface area (Å²) in [7, 11) is 0. The van der Waals surface area contributed by atoms with E-state index in [1.165, 1.54) is 0 Å². The summed E-state index contributed by atoms with van der Waals surface area (Å²) in [6.45, 7) is 1.29. The first-order chi connectivity index (χ1) is 8.75. The molecule has 7 heteroatoms. The van der Waals surface area contributed by atoms with Crippen molar-refractivity contribution in [1.82, 2.24) is 19.6 Å². The Morgan fingerprint density at radius 2 is 2.39 bits per heavy atom. The molecule has 0 bridgehead atoms. The standard InChI is InChI=1S/C11H13N5O2/c17-11(18)8-2-1-4-15(6-8)9-10-14-13-7-16(10)5-3-12-9/h3,5,7-8H,1-2,4,6H2,(H,17,18). The van der Waals surface area contributed by atoms with E-state index < -0.39 is 5.97 Å². The van der Waals surface area contributed by atoms with Gasteiger partial charge < -0.3 is 10.0 Å². The molecular weight excluding hydrogens is 234 g/mol. The molecule has 0 saturated carbocycles. The van der Waals surface area contributed by atoms with Crippen LogP contribution in [0.25, 0.3) is 5.65 Å². The molecule has 1 N–H and O–H groups in total. The van der Waals surface area contributed by atoms with Crippen LogP contribution in [-0.2, 0) is 4.79 Å². The van der Waals surface area contributed by atoms with Gasteiger partial charge in [0.2, 0.25) is 5.65 Å². The van der Waals surface area contributed by atoms with Crippen LogP contribution in [0.2, 0.25) is 0 Å². The van der Waals surface area contributed by atoms with Gasteiger partial charge in [0, 0.05) is 25.5 Å². The molecule has 18 heavy (non-hydrogen) atoms. The SMILES string of the molecule is O=C(O)C1CCCN(c2nccn3cnnc23)C1. The highest BCUT2D eigenvalue weighted by Crippen LogP contribution is 2.23. The zero-order valence-electron chi connectivity index (χ0n) is 9.73. The summed E-state index contributed by atoms with van der Waals surface area (Å²) in [6, 6.07) is 0. The van der Waals surface area contributed by atoms with Gasteiger partial charge in [-0.25, -0.2) is 4.98 Å². The van der Waals surface area contributed by atoms with Crippen LogP contribution < -0.4 is 4.90 Å². The van der Waals surface area contributed by atoms with E-state index in [9.17, 15) is 4.79 Å².